The van der Waals surface area contributed by atoms with Crippen molar-refractivity contribution in [2.75, 3.05) is 31.4 Å². The smallest absolute Gasteiger partial charge is 0.141 e. The molecule has 0 fully saturated rings. The molecular formula is C16H22N4O. The molecule has 2 rings (SSSR count). The predicted octanol–water partition coefficient (Wildman–Crippen LogP) is 3.25. The van der Waals surface area contributed by atoms with Crippen LogP contribution in [0.4, 0.5) is 17.3 Å². The van der Waals surface area contributed by atoms with Gasteiger partial charge in [-0.25, -0.2) is 9.97 Å². The topological polar surface area (TPSA) is 50.3 Å². The molecule has 0 aliphatic carbocycles. The van der Waals surface area contributed by atoms with Crippen LogP contribution in [-0.4, -0.2) is 31.2 Å². The average molecular weight is 286 g/mol. The lowest BCUT2D eigenvalue weighted by atomic mass is 10.1. The summed E-state index contributed by atoms with van der Waals surface area (Å²) in [5.74, 6) is 2.64. The fourth-order valence-electron chi connectivity index (χ4n) is 2.33. The average Bonchev–Trinajstić information content (AvgIpc) is 2.54. The Bertz CT molecular complexity index is 601. The SMILES string of the molecule is CCCc1c(NC)ncnc1N(C)c1cccc(OC)c1. The molecule has 1 aromatic heterocycles. The van der Waals surface area contributed by atoms with Crippen LogP contribution in [-0.2, 0) is 6.42 Å². The van der Waals surface area contributed by atoms with E-state index in [9.17, 15) is 0 Å². The molecule has 0 spiro atoms. The molecule has 5 nitrogen and oxygen atoms in total. The van der Waals surface area contributed by atoms with Gasteiger partial charge in [0, 0.05) is 31.4 Å². The Hall–Kier alpha value is -2.30. The Kier molecular flexibility index (Phi) is 4.98. The van der Waals surface area contributed by atoms with Gasteiger partial charge in [-0.2, -0.15) is 0 Å². The molecule has 1 N–H and O–H groups in total. The van der Waals surface area contributed by atoms with Gasteiger partial charge in [-0.05, 0) is 18.6 Å². The molecule has 1 heterocycles. The molecule has 0 aliphatic rings. The van der Waals surface area contributed by atoms with Crippen LogP contribution in [0.1, 0.15) is 18.9 Å². The van der Waals surface area contributed by atoms with Crippen molar-refractivity contribution in [2.24, 2.45) is 0 Å². The zero-order chi connectivity index (χ0) is 15.2. The second kappa shape index (κ2) is 6.92. The maximum absolute atomic E-state index is 5.29. The molecule has 112 valence electrons. The van der Waals surface area contributed by atoms with E-state index in [2.05, 4.69) is 27.1 Å². The Labute approximate surface area is 126 Å². The lowest BCUT2D eigenvalue weighted by Crippen LogP contribution is -2.15. The third-order valence-electron chi connectivity index (χ3n) is 3.42. The molecular weight excluding hydrogens is 264 g/mol. The minimum Gasteiger partial charge on any atom is -0.497 e. The minimum absolute atomic E-state index is 0.833. The summed E-state index contributed by atoms with van der Waals surface area (Å²) < 4.78 is 5.29. The first kappa shape index (κ1) is 15.1. The predicted molar refractivity (Wildman–Crippen MR) is 86.6 cm³/mol. The highest BCUT2D eigenvalue weighted by atomic mass is 16.5. The molecule has 0 aliphatic heterocycles. The number of anilines is 3. The van der Waals surface area contributed by atoms with E-state index in [1.54, 1.807) is 13.4 Å². The van der Waals surface area contributed by atoms with Gasteiger partial charge in [-0.15, -0.1) is 0 Å². The second-order valence-corrected chi connectivity index (χ2v) is 4.78. The molecule has 2 aromatic rings. The Balaban J connectivity index is 2.44. The van der Waals surface area contributed by atoms with Gasteiger partial charge in [0.2, 0.25) is 0 Å². The summed E-state index contributed by atoms with van der Waals surface area (Å²) in [5, 5.41) is 3.15. The summed E-state index contributed by atoms with van der Waals surface area (Å²) in [4.78, 5) is 10.8. The van der Waals surface area contributed by atoms with Crippen LogP contribution in [0.25, 0.3) is 0 Å². The zero-order valence-electron chi connectivity index (χ0n) is 13.1. The quantitative estimate of drug-likeness (QED) is 0.883. The van der Waals surface area contributed by atoms with Gasteiger partial charge < -0.3 is 15.0 Å². The highest BCUT2D eigenvalue weighted by Crippen LogP contribution is 2.30. The number of methoxy groups -OCH3 is 1. The van der Waals surface area contributed by atoms with Crippen molar-refractivity contribution in [3.8, 4) is 5.75 Å². The van der Waals surface area contributed by atoms with Gasteiger partial charge in [0.05, 0.1) is 7.11 Å². The fraction of sp³-hybridized carbons (Fsp3) is 0.375. The Morgan fingerprint density at radius 3 is 2.76 bits per heavy atom. The molecule has 21 heavy (non-hydrogen) atoms. The maximum Gasteiger partial charge on any atom is 0.141 e. The van der Waals surface area contributed by atoms with Crippen LogP contribution in [0.3, 0.4) is 0 Å². The summed E-state index contributed by atoms with van der Waals surface area (Å²) in [6, 6.07) is 7.95. The Morgan fingerprint density at radius 1 is 1.29 bits per heavy atom. The molecule has 0 bridgehead atoms. The zero-order valence-corrected chi connectivity index (χ0v) is 13.1. The number of nitrogens with zero attached hydrogens (tertiary/aromatic N) is 3. The number of benzene rings is 1. The van der Waals surface area contributed by atoms with Gasteiger partial charge in [0.15, 0.2) is 0 Å². The number of hydrogen-bond donors (Lipinski definition) is 1. The van der Waals surface area contributed by atoms with Gasteiger partial charge >= 0.3 is 0 Å². The molecule has 0 radical (unpaired) electrons. The first-order chi connectivity index (χ1) is 10.2. The highest BCUT2D eigenvalue weighted by Gasteiger charge is 2.15. The largest absolute Gasteiger partial charge is 0.497 e. The number of ether oxygens (including phenoxy) is 1. The van der Waals surface area contributed by atoms with Crippen molar-refractivity contribution in [1.29, 1.82) is 0 Å². The highest BCUT2D eigenvalue weighted by molar-refractivity contribution is 5.67. The van der Waals surface area contributed by atoms with Gasteiger partial charge in [0.1, 0.15) is 23.7 Å². The molecule has 0 unspecified atom stereocenters. The van der Waals surface area contributed by atoms with Crippen LogP contribution in [0.15, 0.2) is 30.6 Å². The lowest BCUT2D eigenvalue weighted by Gasteiger charge is -2.22. The van der Waals surface area contributed by atoms with E-state index in [1.165, 1.54) is 0 Å². The number of rotatable bonds is 6. The van der Waals surface area contributed by atoms with Crippen LogP contribution < -0.4 is 15.0 Å². The normalized spacial score (nSPS) is 10.3. The monoisotopic (exact) mass is 286 g/mol. The summed E-state index contributed by atoms with van der Waals surface area (Å²) in [7, 11) is 5.57. The molecule has 1 aromatic carbocycles. The van der Waals surface area contributed by atoms with E-state index in [0.717, 1.165) is 41.5 Å². The molecule has 0 saturated heterocycles. The third-order valence-corrected chi connectivity index (χ3v) is 3.42. The molecule has 0 atom stereocenters. The fourth-order valence-corrected chi connectivity index (χ4v) is 2.33. The van der Waals surface area contributed by atoms with Crippen molar-refractivity contribution < 1.29 is 4.74 Å². The van der Waals surface area contributed by atoms with Crippen LogP contribution >= 0.6 is 0 Å². The van der Waals surface area contributed by atoms with Crippen molar-refractivity contribution in [2.45, 2.75) is 19.8 Å². The van der Waals surface area contributed by atoms with Crippen molar-refractivity contribution in [1.82, 2.24) is 9.97 Å². The van der Waals surface area contributed by atoms with E-state index in [1.807, 2.05) is 38.4 Å². The second-order valence-electron chi connectivity index (χ2n) is 4.78. The van der Waals surface area contributed by atoms with Crippen LogP contribution in [0.5, 0.6) is 5.75 Å². The van der Waals surface area contributed by atoms with E-state index in [4.69, 9.17) is 4.74 Å². The van der Waals surface area contributed by atoms with Crippen molar-refractivity contribution in [3.63, 3.8) is 0 Å². The van der Waals surface area contributed by atoms with E-state index in [-0.39, 0.29) is 0 Å². The molecule has 5 heteroatoms. The molecule has 0 amide bonds. The van der Waals surface area contributed by atoms with Crippen LogP contribution in [0, 0.1) is 0 Å². The van der Waals surface area contributed by atoms with Crippen LogP contribution in [0.2, 0.25) is 0 Å². The first-order valence-electron chi connectivity index (χ1n) is 7.10. The summed E-state index contributed by atoms with van der Waals surface area (Å²) >= 11 is 0. The van der Waals surface area contributed by atoms with Gasteiger partial charge in [-0.3, -0.25) is 0 Å². The maximum atomic E-state index is 5.29. The number of nitrogens with one attached hydrogen (secondary N) is 1. The summed E-state index contributed by atoms with van der Waals surface area (Å²) in [6.07, 6.45) is 3.57. The van der Waals surface area contributed by atoms with E-state index >= 15 is 0 Å². The van der Waals surface area contributed by atoms with Crippen molar-refractivity contribution >= 4 is 17.3 Å². The standard InChI is InChI=1S/C16H22N4O/c1-5-7-14-15(17-2)18-11-19-16(14)20(3)12-8-6-9-13(10-12)21-4/h6,8-11H,5,7H2,1-4H3,(H,17,18,19). The number of aromatic nitrogens is 2. The summed E-state index contributed by atoms with van der Waals surface area (Å²) in [5.41, 5.74) is 2.17. The minimum atomic E-state index is 0.833. The number of hydrogen-bond acceptors (Lipinski definition) is 5. The van der Waals surface area contributed by atoms with Crippen molar-refractivity contribution in [3.05, 3.63) is 36.2 Å². The van der Waals surface area contributed by atoms with E-state index in [0.29, 0.717) is 0 Å². The molecule has 0 saturated carbocycles. The summed E-state index contributed by atoms with van der Waals surface area (Å²) in [6.45, 7) is 2.15. The first-order valence-corrected chi connectivity index (χ1v) is 7.10. The van der Waals surface area contributed by atoms with Gasteiger partial charge in [0.25, 0.3) is 0 Å². The third kappa shape index (κ3) is 3.24. The van der Waals surface area contributed by atoms with E-state index < -0.39 is 0 Å². The Morgan fingerprint density at radius 2 is 2.10 bits per heavy atom. The lowest BCUT2D eigenvalue weighted by molar-refractivity contribution is 0.415. The van der Waals surface area contributed by atoms with Gasteiger partial charge in [-0.1, -0.05) is 19.4 Å².